The van der Waals surface area contributed by atoms with Crippen molar-refractivity contribution in [3.05, 3.63) is 99.1 Å². The first-order chi connectivity index (χ1) is 14.9. The van der Waals surface area contributed by atoms with Crippen LogP contribution in [0.1, 0.15) is 47.2 Å². The van der Waals surface area contributed by atoms with Gasteiger partial charge in [0.2, 0.25) is 0 Å². The van der Waals surface area contributed by atoms with E-state index >= 15 is 0 Å². The average Bonchev–Trinajstić information content (AvgIpc) is 2.74. The molecule has 0 bridgehead atoms. The molecule has 0 amide bonds. The van der Waals surface area contributed by atoms with E-state index in [-0.39, 0.29) is 0 Å². The Bertz CT molecular complexity index is 1420. The molecule has 0 fully saturated rings. The zero-order valence-electron chi connectivity index (χ0n) is 18.7. The predicted molar refractivity (Wildman–Crippen MR) is 134 cm³/mol. The molecule has 4 aromatic carbocycles. The molecule has 1 nitrogen and oxygen atoms in total. The van der Waals surface area contributed by atoms with Gasteiger partial charge >= 0.3 is 0 Å². The Hall–Kier alpha value is -3.32. The van der Waals surface area contributed by atoms with Gasteiger partial charge in [-0.25, -0.2) is 0 Å². The second kappa shape index (κ2) is 7.42. The number of hydrogen-bond acceptors (Lipinski definition) is 1. The van der Waals surface area contributed by atoms with Crippen LogP contribution in [0.2, 0.25) is 0 Å². The van der Waals surface area contributed by atoms with Crippen LogP contribution in [-0.2, 0) is 12.8 Å². The van der Waals surface area contributed by atoms with Gasteiger partial charge in [-0.2, -0.15) is 0 Å². The Morgan fingerprint density at radius 1 is 0.645 bits per heavy atom. The summed E-state index contributed by atoms with van der Waals surface area (Å²) in [6, 6.07) is 19.4. The number of phenolic OH excluding ortho intramolecular Hbond substituents is 1. The van der Waals surface area contributed by atoms with Crippen molar-refractivity contribution in [2.45, 2.75) is 40.5 Å². The van der Waals surface area contributed by atoms with Crippen LogP contribution in [-0.4, -0.2) is 5.11 Å². The molecule has 0 aliphatic heterocycles. The summed E-state index contributed by atoms with van der Waals surface area (Å²) < 4.78 is 0. The lowest BCUT2D eigenvalue weighted by Crippen LogP contribution is -1.98. The van der Waals surface area contributed by atoms with Gasteiger partial charge in [0.05, 0.1) is 0 Å². The van der Waals surface area contributed by atoms with Crippen LogP contribution in [0.25, 0.3) is 33.7 Å². The fraction of sp³-hybridized carbons (Fsp3) is 0.200. The van der Waals surface area contributed by atoms with Crippen molar-refractivity contribution in [3.8, 4) is 5.75 Å². The van der Waals surface area contributed by atoms with Gasteiger partial charge in [-0.3, -0.25) is 0 Å². The summed E-state index contributed by atoms with van der Waals surface area (Å²) in [6.07, 6.45) is 6.51. The minimum atomic E-state index is 0.400. The van der Waals surface area contributed by atoms with Crippen molar-refractivity contribution in [3.63, 3.8) is 0 Å². The maximum atomic E-state index is 10.0. The van der Waals surface area contributed by atoms with E-state index in [1.165, 1.54) is 54.9 Å². The molecule has 2 aliphatic rings. The van der Waals surface area contributed by atoms with E-state index in [9.17, 15) is 5.11 Å². The van der Waals surface area contributed by atoms with Crippen LogP contribution >= 0.6 is 0 Å². The van der Waals surface area contributed by atoms with Gasteiger partial charge in [0.15, 0.2) is 0 Å². The second-order valence-electron chi connectivity index (χ2n) is 9.11. The maximum Gasteiger partial charge on any atom is 0.123 e. The molecule has 1 N–H and O–H groups in total. The number of rotatable bonds is 0. The molecule has 6 rings (SSSR count). The zero-order valence-corrected chi connectivity index (χ0v) is 18.7. The van der Waals surface area contributed by atoms with Gasteiger partial charge in [-0.15, -0.1) is 0 Å². The molecule has 0 saturated carbocycles. The highest BCUT2D eigenvalue weighted by molar-refractivity contribution is 5.99. The lowest BCUT2D eigenvalue weighted by Gasteiger charge is -2.18. The summed E-state index contributed by atoms with van der Waals surface area (Å²) >= 11 is 0. The van der Waals surface area contributed by atoms with Crippen molar-refractivity contribution in [1.82, 2.24) is 0 Å². The van der Waals surface area contributed by atoms with E-state index < -0.39 is 0 Å². The lowest BCUT2D eigenvalue weighted by atomic mass is 9.87. The minimum absolute atomic E-state index is 0.400. The molecule has 0 spiro atoms. The molecule has 31 heavy (non-hydrogen) atoms. The molecule has 2 aliphatic carbocycles. The third kappa shape index (κ3) is 3.35. The fourth-order valence-corrected chi connectivity index (χ4v) is 5.17. The van der Waals surface area contributed by atoms with E-state index in [4.69, 9.17) is 0 Å². The molecule has 0 radical (unpaired) electrons. The number of phenols is 1. The summed E-state index contributed by atoms with van der Waals surface area (Å²) in [7, 11) is 0. The number of hydrogen-bond donors (Lipinski definition) is 1. The summed E-state index contributed by atoms with van der Waals surface area (Å²) in [5, 5.41) is 15.4. The van der Waals surface area contributed by atoms with Gasteiger partial charge < -0.3 is 5.11 Å². The molecule has 154 valence electrons. The van der Waals surface area contributed by atoms with Gasteiger partial charge in [-0.05, 0) is 96.0 Å². The van der Waals surface area contributed by atoms with Crippen molar-refractivity contribution in [1.29, 1.82) is 0 Å². The smallest absolute Gasteiger partial charge is 0.123 e. The third-order valence-corrected chi connectivity index (χ3v) is 6.58. The molecular weight excluding hydrogens is 376 g/mol. The van der Waals surface area contributed by atoms with E-state index in [1.807, 2.05) is 13.0 Å². The van der Waals surface area contributed by atoms with Gasteiger partial charge in [0.25, 0.3) is 0 Å². The van der Waals surface area contributed by atoms with E-state index in [0.717, 1.165) is 24.0 Å². The summed E-state index contributed by atoms with van der Waals surface area (Å²) in [4.78, 5) is 0. The molecule has 0 atom stereocenters. The molecule has 0 saturated heterocycles. The second-order valence-corrected chi connectivity index (χ2v) is 9.11. The Morgan fingerprint density at radius 2 is 1.26 bits per heavy atom. The van der Waals surface area contributed by atoms with Gasteiger partial charge in [0.1, 0.15) is 5.75 Å². The van der Waals surface area contributed by atoms with Crippen molar-refractivity contribution >= 4 is 33.7 Å². The third-order valence-electron chi connectivity index (χ3n) is 6.58. The number of aryl methyl sites for hydroxylation is 2. The Kier molecular flexibility index (Phi) is 4.70. The van der Waals surface area contributed by atoms with Gasteiger partial charge in [-0.1, -0.05) is 71.8 Å². The monoisotopic (exact) mass is 404 g/mol. The first-order valence-electron chi connectivity index (χ1n) is 11.0. The van der Waals surface area contributed by atoms with E-state index in [2.05, 4.69) is 81.5 Å². The Morgan fingerprint density at radius 3 is 1.97 bits per heavy atom. The minimum Gasteiger partial charge on any atom is -0.507 e. The molecular formula is C30H28O. The van der Waals surface area contributed by atoms with Crippen LogP contribution in [0, 0.1) is 13.8 Å². The summed E-state index contributed by atoms with van der Waals surface area (Å²) in [5.41, 5.74) is 10.5. The highest BCUT2D eigenvalue weighted by Crippen LogP contribution is 2.38. The van der Waals surface area contributed by atoms with Crippen molar-refractivity contribution < 1.29 is 5.11 Å². The first-order valence-corrected chi connectivity index (χ1v) is 11.0. The maximum absolute atomic E-state index is 10.0. The summed E-state index contributed by atoms with van der Waals surface area (Å²) in [6.45, 7) is 8.56. The number of aromatic hydroxyl groups is 1. The topological polar surface area (TPSA) is 20.2 Å². The Balaban J connectivity index is 0.000000132. The standard InChI is InChI=1S/C15H14O.C15H14/c1-9-6-11-4-3-5-12-10(2)8-14(16)13(7-9)15(11)12;1-10-8-12-4-3-5-14-11(2)6-7-13(9-10)15(12)14/h3-5,7-8,16H,6H2,1-2H3;3-7,9H,8H2,1-2H3. The summed E-state index contributed by atoms with van der Waals surface area (Å²) in [5.74, 6) is 0.400. The average molecular weight is 405 g/mol. The van der Waals surface area contributed by atoms with Gasteiger partial charge in [0, 0.05) is 5.56 Å². The van der Waals surface area contributed by atoms with Crippen LogP contribution < -0.4 is 0 Å². The number of benzene rings is 4. The highest BCUT2D eigenvalue weighted by atomic mass is 16.3. The molecule has 4 aromatic rings. The molecule has 0 unspecified atom stereocenters. The fourth-order valence-electron chi connectivity index (χ4n) is 5.17. The van der Waals surface area contributed by atoms with Crippen molar-refractivity contribution in [2.24, 2.45) is 0 Å². The molecule has 1 heteroatoms. The van der Waals surface area contributed by atoms with Crippen LogP contribution in [0.15, 0.2) is 65.7 Å². The largest absolute Gasteiger partial charge is 0.507 e. The number of allylic oxidation sites excluding steroid dienone is 2. The highest BCUT2D eigenvalue weighted by Gasteiger charge is 2.16. The predicted octanol–water partition coefficient (Wildman–Crippen LogP) is 7.92. The normalized spacial score (nSPS) is 14.1. The molecule has 0 aromatic heterocycles. The lowest BCUT2D eigenvalue weighted by molar-refractivity contribution is 0.474. The van der Waals surface area contributed by atoms with Crippen molar-refractivity contribution in [2.75, 3.05) is 0 Å². The first kappa shape index (κ1) is 19.6. The van der Waals surface area contributed by atoms with Crippen LogP contribution in [0.5, 0.6) is 5.75 Å². The Labute approximate surface area is 184 Å². The zero-order chi connectivity index (χ0) is 21.7. The van der Waals surface area contributed by atoms with Crippen LogP contribution in [0.3, 0.4) is 0 Å². The van der Waals surface area contributed by atoms with E-state index in [0.29, 0.717) is 5.75 Å². The molecule has 0 heterocycles. The van der Waals surface area contributed by atoms with Crippen LogP contribution in [0.4, 0.5) is 0 Å². The van der Waals surface area contributed by atoms with E-state index in [1.54, 1.807) is 0 Å². The quantitative estimate of drug-likeness (QED) is 0.315. The SMILES string of the molecule is CC1=Cc2c(O)cc(C)c3cccc(c23)C1.CC1=Cc2ccc(C)c3cccc(c23)C1.